The summed E-state index contributed by atoms with van der Waals surface area (Å²) in [7, 11) is 0. The molecule has 0 aliphatic heterocycles. The van der Waals surface area contributed by atoms with Crippen LogP contribution < -0.4 is 5.73 Å². The number of hydrogen-bond acceptors (Lipinski definition) is 1. The van der Waals surface area contributed by atoms with Gasteiger partial charge in [-0.25, -0.2) is 0 Å². The molecule has 0 aromatic heterocycles. The Labute approximate surface area is 81.0 Å². The molecule has 72 valence electrons. The van der Waals surface area contributed by atoms with Crippen molar-refractivity contribution in [2.24, 2.45) is 5.73 Å². The van der Waals surface area contributed by atoms with Crippen LogP contribution in [-0.2, 0) is 6.42 Å². The lowest BCUT2D eigenvalue weighted by Gasteiger charge is -2.18. The van der Waals surface area contributed by atoms with Crippen LogP contribution in [0.25, 0.3) is 0 Å². The average molecular weight is 177 g/mol. The van der Waals surface area contributed by atoms with Crippen LogP contribution in [-0.4, -0.2) is 5.54 Å². The van der Waals surface area contributed by atoms with Crippen LogP contribution in [0.2, 0.25) is 0 Å². The summed E-state index contributed by atoms with van der Waals surface area (Å²) in [6, 6.07) is 6.55. The fourth-order valence-corrected chi connectivity index (χ4v) is 1.44. The second kappa shape index (κ2) is 3.51. The number of aryl methyl sites for hydroxylation is 2. The summed E-state index contributed by atoms with van der Waals surface area (Å²) in [6.45, 7) is 8.39. The summed E-state index contributed by atoms with van der Waals surface area (Å²) < 4.78 is 0. The van der Waals surface area contributed by atoms with Crippen molar-refractivity contribution in [1.29, 1.82) is 0 Å². The molecule has 0 atom stereocenters. The van der Waals surface area contributed by atoms with Gasteiger partial charge in [-0.15, -0.1) is 0 Å². The highest BCUT2D eigenvalue weighted by Gasteiger charge is 2.11. The number of hydrogen-bond donors (Lipinski definition) is 1. The van der Waals surface area contributed by atoms with Crippen molar-refractivity contribution in [3.63, 3.8) is 0 Å². The van der Waals surface area contributed by atoms with E-state index >= 15 is 0 Å². The first-order valence-corrected chi connectivity index (χ1v) is 4.73. The van der Waals surface area contributed by atoms with E-state index in [4.69, 9.17) is 5.73 Å². The van der Waals surface area contributed by atoms with E-state index in [1.54, 1.807) is 0 Å². The third kappa shape index (κ3) is 3.19. The van der Waals surface area contributed by atoms with Crippen molar-refractivity contribution in [1.82, 2.24) is 0 Å². The zero-order valence-corrected chi connectivity index (χ0v) is 9.02. The Balaban J connectivity index is 2.86. The van der Waals surface area contributed by atoms with E-state index in [-0.39, 0.29) is 5.54 Å². The molecule has 1 aromatic rings. The van der Waals surface area contributed by atoms with Gasteiger partial charge in [-0.3, -0.25) is 0 Å². The van der Waals surface area contributed by atoms with Crippen molar-refractivity contribution in [3.8, 4) is 0 Å². The number of rotatable bonds is 2. The van der Waals surface area contributed by atoms with E-state index in [0.29, 0.717) is 0 Å². The second-order valence-electron chi connectivity index (χ2n) is 4.58. The van der Waals surface area contributed by atoms with E-state index in [1.165, 1.54) is 16.7 Å². The molecule has 0 saturated heterocycles. The van der Waals surface area contributed by atoms with Gasteiger partial charge in [-0.1, -0.05) is 18.2 Å². The summed E-state index contributed by atoms with van der Waals surface area (Å²) in [5.41, 5.74) is 9.87. The lowest BCUT2D eigenvalue weighted by Crippen LogP contribution is -2.34. The molecule has 0 spiro atoms. The lowest BCUT2D eigenvalue weighted by molar-refractivity contribution is 0.516. The minimum atomic E-state index is -0.109. The van der Waals surface area contributed by atoms with E-state index in [1.807, 2.05) is 0 Å². The largest absolute Gasteiger partial charge is 0.325 e. The van der Waals surface area contributed by atoms with Crippen LogP contribution in [0.5, 0.6) is 0 Å². The van der Waals surface area contributed by atoms with E-state index in [9.17, 15) is 0 Å². The topological polar surface area (TPSA) is 26.0 Å². The van der Waals surface area contributed by atoms with Crippen molar-refractivity contribution < 1.29 is 0 Å². The van der Waals surface area contributed by atoms with Crippen LogP contribution in [0.4, 0.5) is 0 Å². The molecule has 0 fully saturated rings. The SMILES string of the molecule is Cc1ccc(CC(C)(C)N)cc1C. The zero-order chi connectivity index (χ0) is 10.1. The van der Waals surface area contributed by atoms with E-state index in [2.05, 4.69) is 45.9 Å². The Morgan fingerprint density at radius 3 is 2.23 bits per heavy atom. The molecule has 13 heavy (non-hydrogen) atoms. The van der Waals surface area contributed by atoms with Crippen LogP contribution in [0.1, 0.15) is 30.5 Å². The van der Waals surface area contributed by atoms with Crippen LogP contribution in [0.3, 0.4) is 0 Å². The third-order valence-electron chi connectivity index (χ3n) is 2.23. The van der Waals surface area contributed by atoms with Gasteiger partial charge in [0.2, 0.25) is 0 Å². The molecule has 0 radical (unpaired) electrons. The van der Waals surface area contributed by atoms with E-state index < -0.39 is 0 Å². The van der Waals surface area contributed by atoms with Gasteiger partial charge in [-0.05, 0) is 50.8 Å². The smallest absolute Gasteiger partial charge is 0.0138 e. The molecule has 0 saturated carbocycles. The first-order valence-electron chi connectivity index (χ1n) is 4.73. The van der Waals surface area contributed by atoms with Gasteiger partial charge >= 0.3 is 0 Å². The van der Waals surface area contributed by atoms with Crippen LogP contribution in [0.15, 0.2) is 18.2 Å². The highest BCUT2D eigenvalue weighted by Crippen LogP contribution is 2.14. The molecule has 0 heterocycles. The zero-order valence-electron chi connectivity index (χ0n) is 9.02. The first-order chi connectivity index (χ1) is 5.88. The maximum Gasteiger partial charge on any atom is 0.0138 e. The van der Waals surface area contributed by atoms with Gasteiger partial charge in [0.1, 0.15) is 0 Å². The Bertz CT molecular complexity index is 294. The van der Waals surface area contributed by atoms with Crippen molar-refractivity contribution in [2.75, 3.05) is 0 Å². The van der Waals surface area contributed by atoms with Crippen LogP contribution in [0, 0.1) is 13.8 Å². The molecule has 0 unspecified atom stereocenters. The Morgan fingerprint density at radius 2 is 1.77 bits per heavy atom. The van der Waals surface area contributed by atoms with Gasteiger partial charge in [0, 0.05) is 5.54 Å². The summed E-state index contributed by atoms with van der Waals surface area (Å²) in [5.74, 6) is 0. The van der Waals surface area contributed by atoms with E-state index in [0.717, 1.165) is 6.42 Å². The fourth-order valence-electron chi connectivity index (χ4n) is 1.44. The van der Waals surface area contributed by atoms with Gasteiger partial charge < -0.3 is 5.73 Å². The summed E-state index contributed by atoms with van der Waals surface area (Å²) in [6.07, 6.45) is 0.939. The average Bonchev–Trinajstić information content (AvgIpc) is 1.94. The fraction of sp³-hybridized carbons (Fsp3) is 0.500. The van der Waals surface area contributed by atoms with Crippen molar-refractivity contribution in [2.45, 2.75) is 39.7 Å². The van der Waals surface area contributed by atoms with Gasteiger partial charge in [0.05, 0.1) is 0 Å². The monoisotopic (exact) mass is 177 g/mol. The lowest BCUT2D eigenvalue weighted by atomic mass is 9.94. The highest BCUT2D eigenvalue weighted by molar-refractivity contribution is 5.30. The van der Waals surface area contributed by atoms with Crippen molar-refractivity contribution >= 4 is 0 Å². The molecule has 0 aliphatic rings. The molecule has 1 rings (SSSR count). The number of nitrogens with two attached hydrogens (primary N) is 1. The Kier molecular flexibility index (Phi) is 2.77. The minimum Gasteiger partial charge on any atom is -0.325 e. The molecule has 1 aromatic carbocycles. The predicted molar refractivity (Wildman–Crippen MR) is 57.9 cm³/mol. The molecular weight excluding hydrogens is 158 g/mol. The summed E-state index contributed by atoms with van der Waals surface area (Å²) in [4.78, 5) is 0. The summed E-state index contributed by atoms with van der Waals surface area (Å²) in [5, 5.41) is 0. The van der Waals surface area contributed by atoms with Crippen molar-refractivity contribution in [3.05, 3.63) is 34.9 Å². The molecule has 2 N–H and O–H groups in total. The first kappa shape index (κ1) is 10.3. The predicted octanol–water partition coefficient (Wildman–Crippen LogP) is 2.58. The standard InChI is InChI=1S/C12H19N/c1-9-5-6-11(7-10(9)2)8-12(3,4)13/h5-7H,8,13H2,1-4H3. The second-order valence-corrected chi connectivity index (χ2v) is 4.58. The normalized spacial score (nSPS) is 11.8. The van der Waals surface area contributed by atoms with Gasteiger partial charge in [0.15, 0.2) is 0 Å². The molecular formula is C12H19N. The molecule has 0 amide bonds. The number of benzene rings is 1. The Morgan fingerprint density at radius 1 is 1.15 bits per heavy atom. The van der Waals surface area contributed by atoms with Gasteiger partial charge in [-0.2, -0.15) is 0 Å². The molecule has 0 aliphatic carbocycles. The Hall–Kier alpha value is -0.820. The molecule has 1 heteroatoms. The quantitative estimate of drug-likeness (QED) is 0.738. The maximum atomic E-state index is 5.96. The minimum absolute atomic E-state index is 0.109. The van der Waals surface area contributed by atoms with Gasteiger partial charge in [0.25, 0.3) is 0 Å². The highest BCUT2D eigenvalue weighted by atomic mass is 14.7. The molecule has 1 nitrogen and oxygen atoms in total. The maximum absolute atomic E-state index is 5.96. The molecule has 0 bridgehead atoms. The summed E-state index contributed by atoms with van der Waals surface area (Å²) >= 11 is 0. The third-order valence-corrected chi connectivity index (χ3v) is 2.23. The van der Waals surface area contributed by atoms with Crippen LogP contribution >= 0.6 is 0 Å².